The molecule has 3 heterocycles. The van der Waals surface area contributed by atoms with Crippen molar-refractivity contribution in [1.29, 1.82) is 0 Å². The lowest BCUT2D eigenvalue weighted by molar-refractivity contribution is -0.143. The van der Waals surface area contributed by atoms with Gasteiger partial charge in [-0.3, -0.25) is 19.3 Å². The first-order valence-electron chi connectivity index (χ1n) is 12.4. The fraction of sp³-hybridized carbons (Fsp3) is 0.214. The highest BCUT2D eigenvalue weighted by molar-refractivity contribution is 5.94. The van der Waals surface area contributed by atoms with Crippen molar-refractivity contribution in [2.45, 2.75) is 38.4 Å². The summed E-state index contributed by atoms with van der Waals surface area (Å²) < 4.78 is 88.7. The Bertz CT molecular complexity index is 1670. The maximum absolute atomic E-state index is 14.2. The van der Waals surface area contributed by atoms with E-state index in [2.05, 4.69) is 15.4 Å². The van der Waals surface area contributed by atoms with Crippen LogP contribution < -0.4 is 11.1 Å². The first kappa shape index (κ1) is 28.8. The summed E-state index contributed by atoms with van der Waals surface area (Å²) in [5.74, 6) is -4.39. The van der Waals surface area contributed by atoms with Crippen molar-refractivity contribution in [2.75, 3.05) is 0 Å². The minimum atomic E-state index is -4.76. The maximum atomic E-state index is 14.2. The number of hydrogen-bond acceptors (Lipinski definition) is 5. The molecule has 8 nitrogen and oxygen atoms in total. The molecule has 14 heteroatoms. The van der Waals surface area contributed by atoms with Crippen molar-refractivity contribution in [3.05, 3.63) is 106 Å². The van der Waals surface area contributed by atoms with Crippen LogP contribution in [0.15, 0.2) is 54.7 Å². The van der Waals surface area contributed by atoms with E-state index in [1.165, 1.54) is 18.3 Å². The fourth-order valence-corrected chi connectivity index (χ4v) is 4.83. The molecule has 2 amide bonds. The zero-order valence-electron chi connectivity index (χ0n) is 21.5. The summed E-state index contributed by atoms with van der Waals surface area (Å²) in [6.45, 7) is -1.10. The van der Waals surface area contributed by atoms with Gasteiger partial charge in [0.1, 0.15) is 24.0 Å². The summed E-state index contributed by atoms with van der Waals surface area (Å²) in [4.78, 5) is 29.3. The number of aromatic nitrogens is 3. The van der Waals surface area contributed by atoms with Crippen LogP contribution >= 0.6 is 0 Å². The number of benzene rings is 2. The highest BCUT2D eigenvalue weighted by Crippen LogP contribution is 2.36. The minimum absolute atomic E-state index is 0.102. The van der Waals surface area contributed by atoms with Crippen LogP contribution in [0.4, 0.5) is 26.3 Å². The largest absolute Gasteiger partial charge is 0.435 e. The van der Waals surface area contributed by atoms with Gasteiger partial charge in [0.15, 0.2) is 5.69 Å². The van der Waals surface area contributed by atoms with Gasteiger partial charge in [0.25, 0.3) is 5.91 Å². The van der Waals surface area contributed by atoms with Gasteiger partial charge in [0.05, 0.1) is 36.2 Å². The molecule has 0 aliphatic carbocycles. The van der Waals surface area contributed by atoms with Crippen molar-refractivity contribution >= 4 is 11.8 Å². The monoisotopic (exact) mass is 589 g/mol. The first-order chi connectivity index (χ1) is 19.9. The lowest BCUT2D eigenvalue weighted by Gasteiger charge is -2.22. The Hall–Kier alpha value is -4.72. The average Bonchev–Trinajstić information content (AvgIpc) is 3.51. The number of primary amides is 1. The summed E-state index contributed by atoms with van der Waals surface area (Å²) in [6.07, 6.45) is -3.57. The molecule has 1 aliphatic rings. The Labute approximate surface area is 234 Å². The Morgan fingerprint density at radius 3 is 2.48 bits per heavy atom. The molecule has 5 rings (SSSR count). The normalized spacial score (nSPS) is 13.6. The molecule has 2 aromatic carbocycles. The van der Waals surface area contributed by atoms with Crippen molar-refractivity contribution in [2.24, 2.45) is 5.73 Å². The van der Waals surface area contributed by atoms with Crippen LogP contribution in [0.3, 0.4) is 0 Å². The number of hydrogen-bond donors (Lipinski definition) is 2. The maximum Gasteiger partial charge on any atom is 0.435 e. The number of alkyl halides is 3. The zero-order valence-corrected chi connectivity index (χ0v) is 21.5. The van der Waals surface area contributed by atoms with Crippen LogP contribution in [0.5, 0.6) is 0 Å². The Morgan fingerprint density at radius 1 is 1.05 bits per heavy atom. The van der Waals surface area contributed by atoms with Gasteiger partial charge < -0.3 is 15.8 Å². The molecule has 1 aliphatic heterocycles. The number of nitrogens with zero attached hydrogens (tertiary/aromatic N) is 3. The minimum Gasteiger partial charge on any atom is -0.370 e. The van der Waals surface area contributed by atoms with Gasteiger partial charge in [0, 0.05) is 23.4 Å². The van der Waals surface area contributed by atoms with Crippen LogP contribution in [-0.2, 0) is 41.9 Å². The molecule has 3 N–H and O–H groups in total. The smallest absolute Gasteiger partial charge is 0.370 e. The summed E-state index contributed by atoms with van der Waals surface area (Å²) in [5.41, 5.74) is 4.62. The van der Waals surface area contributed by atoms with Crippen LogP contribution in [-0.4, -0.2) is 26.6 Å². The second kappa shape index (κ2) is 11.3. The summed E-state index contributed by atoms with van der Waals surface area (Å²) in [5, 5.41) is 6.26. The van der Waals surface area contributed by atoms with Gasteiger partial charge in [0.2, 0.25) is 5.91 Å². The Morgan fingerprint density at radius 2 is 1.79 bits per heavy atom. The third kappa shape index (κ3) is 5.98. The van der Waals surface area contributed by atoms with Crippen LogP contribution in [0.1, 0.15) is 44.6 Å². The summed E-state index contributed by atoms with van der Waals surface area (Å²) in [6, 6.07) is 8.39. The molecular formula is C28H21F6N5O3. The molecule has 4 aromatic rings. The molecule has 0 radical (unpaired) electrons. The van der Waals surface area contributed by atoms with Gasteiger partial charge in [-0.15, -0.1) is 0 Å². The highest BCUT2D eigenvalue weighted by Gasteiger charge is 2.41. The molecule has 0 fully saturated rings. The van der Waals surface area contributed by atoms with Gasteiger partial charge in [-0.25, -0.2) is 13.2 Å². The van der Waals surface area contributed by atoms with E-state index in [1.807, 2.05) is 0 Å². The van der Waals surface area contributed by atoms with E-state index in [0.717, 1.165) is 22.9 Å². The van der Waals surface area contributed by atoms with Crippen LogP contribution in [0, 0.1) is 17.5 Å². The predicted molar refractivity (Wildman–Crippen MR) is 135 cm³/mol. The van der Waals surface area contributed by atoms with Crippen molar-refractivity contribution in [3.8, 4) is 11.1 Å². The quantitative estimate of drug-likeness (QED) is 0.292. The van der Waals surface area contributed by atoms with E-state index in [0.29, 0.717) is 17.2 Å². The number of amides is 2. The molecule has 1 atom stereocenters. The van der Waals surface area contributed by atoms with Gasteiger partial charge >= 0.3 is 6.18 Å². The number of carbonyl (C=O) groups is 2. The van der Waals surface area contributed by atoms with Gasteiger partial charge in [-0.2, -0.15) is 18.3 Å². The highest BCUT2D eigenvalue weighted by atomic mass is 19.4. The van der Waals surface area contributed by atoms with E-state index in [1.54, 1.807) is 12.1 Å². The lowest BCUT2D eigenvalue weighted by atomic mass is 9.94. The zero-order chi connectivity index (χ0) is 30.2. The van der Waals surface area contributed by atoms with Gasteiger partial charge in [-0.1, -0.05) is 12.1 Å². The fourth-order valence-electron chi connectivity index (χ4n) is 4.83. The lowest BCUT2D eigenvalue weighted by Crippen LogP contribution is -2.34. The summed E-state index contributed by atoms with van der Waals surface area (Å²) >= 11 is 0. The molecule has 218 valence electrons. The number of nitrogens with two attached hydrogens (primary N) is 1. The molecule has 0 saturated heterocycles. The number of nitrogens with one attached hydrogen (secondary N) is 1. The van der Waals surface area contributed by atoms with E-state index in [9.17, 15) is 35.9 Å². The Balaban J connectivity index is 1.52. The van der Waals surface area contributed by atoms with E-state index in [4.69, 9.17) is 10.5 Å². The third-order valence-corrected chi connectivity index (χ3v) is 6.62. The molecule has 42 heavy (non-hydrogen) atoms. The molecule has 0 bridgehead atoms. The molecule has 0 spiro atoms. The molecule has 1 unspecified atom stereocenters. The van der Waals surface area contributed by atoms with E-state index >= 15 is 0 Å². The topological polar surface area (TPSA) is 112 Å². The second-order valence-corrected chi connectivity index (χ2v) is 9.52. The molecule has 0 saturated carbocycles. The van der Waals surface area contributed by atoms with E-state index in [-0.39, 0.29) is 42.1 Å². The average molecular weight is 589 g/mol. The number of pyridine rings is 1. The van der Waals surface area contributed by atoms with Crippen molar-refractivity contribution in [3.63, 3.8) is 0 Å². The van der Waals surface area contributed by atoms with Crippen LogP contribution in [0.2, 0.25) is 0 Å². The van der Waals surface area contributed by atoms with Crippen molar-refractivity contribution in [1.82, 2.24) is 20.1 Å². The number of rotatable bonds is 8. The van der Waals surface area contributed by atoms with Crippen LogP contribution in [0.25, 0.3) is 11.1 Å². The SMILES string of the molecule is NC(=O)c1cc(-c2cccnc2C(Cc2cc(F)cc(F)c2)NC(=O)Cn2nc(C(F)(F)F)c3c2COC3)ccc1F. The molecule has 2 aromatic heterocycles. The van der Waals surface area contributed by atoms with E-state index < -0.39 is 59.3 Å². The van der Waals surface area contributed by atoms with Gasteiger partial charge in [-0.05, 0) is 47.9 Å². The van der Waals surface area contributed by atoms with Crippen molar-refractivity contribution < 1.29 is 40.7 Å². The third-order valence-electron chi connectivity index (χ3n) is 6.62. The number of carbonyl (C=O) groups excluding carboxylic acids is 2. The second-order valence-electron chi connectivity index (χ2n) is 9.52. The number of ether oxygens (including phenoxy) is 1. The first-order valence-corrected chi connectivity index (χ1v) is 12.4. The summed E-state index contributed by atoms with van der Waals surface area (Å²) in [7, 11) is 0. The number of fused-ring (bicyclic) bond motifs is 1. The standard InChI is InChI=1S/C28H21F6N5O3/c29-16-6-14(7-17(30)10-16)8-22(25-18(2-1-5-36-25)15-3-4-21(31)19(9-15)27(35)41)37-24(40)11-39-23-13-42-12-20(23)26(38-39)28(32,33)34/h1-7,9-10,22H,8,11-13H2,(H2,35,41)(H,37,40). The molecular weight excluding hydrogens is 568 g/mol. The Kier molecular flexibility index (Phi) is 7.73. The number of halogens is 6. The predicted octanol–water partition coefficient (Wildman–Crippen LogP) is 4.61.